The van der Waals surface area contributed by atoms with Crippen molar-refractivity contribution >= 4 is 27.3 Å². The van der Waals surface area contributed by atoms with E-state index >= 15 is 0 Å². The van der Waals surface area contributed by atoms with Crippen LogP contribution in [0, 0.1) is 0 Å². The molecule has 1 aromatic heterocycles. The molecule has 0 radical (unpaired) electrons. The molecular formula is C21H30N6OW. The number of carbonyl (C=O) groups is 1. The maximum atomic E-state index is 12.0. The zero-order valence-electron chi connectivity index (χ0n) is 17.3. The zero-order valence-corrected chi connectivity index (χ0v) is 20.2. The number of Topliss-reactive ketones (excluding diaryl/α,β-unsaturated/α-hetero) is 1. The predicted octanol–water partition coefficient (Wildman–Crippen LogP) is 2.30. The summed E-state index contributed by atoms with van der Waals surface area (Å²) in [5, 5.41) is 6.64. The fourth-order valence-corrected chi connectivity index (χ4v) is 5.23. The fourth-order valence-electron chi connectivity index (χ4n) is 3.80. The number of piperazine rings is 1. The van der Waals surface area contributed by atoms with Gasteiger partial charge in [0.1, 0.15) is 0 Å². The molecule has 0 amide bonds. The summed E-state index contributed by atoms with van der Waals surface area (Å²) in [7, 11) is 0. The van der Waals surface area contributed by atoms with Gasteiger partial charge in [0.15, 0.2) is 0 Å². The number of hydrogen-bond acceptors (Lipinski definition) is 6. The molecule has 29 heavy (non-hydrogen) atoms. The summed E-state index contributed by atoms with van der Waals surface area (Å²) in [4.78, 5) is 25.6. The molecule has 0 bridgehead atoms. The van der Waals surface area contributed by atoms with E-state index in [0.717, 1.165) is 60.5 Å². The van der Waals surface area contributed by atoms with Gasteiger partial charge >= 0.3 is 184 Å². The van der Waals surface area contributed by atoms with E-state index in [1.54, 1.807) is 6.92 Å². The molecule has 7 nitrogen and oxygen atoms in total. The summed E-state index contributed by atoms with van der Waals surface area (Å²) in [5.41, 5.74) is 1.68. The first-order valence-corrected chi connectivity index (χ1v) is 11.7. The second-order valence-corrected chi connectivity index (χ2v) is 8.87. The topological polar surface area (TPSA) is 72.9 Å². The van der Waals surface area contributed by atoms with Crippen molar-refractivity contribution in [3.63, 3.8) is 0 Å². The first kappa shape index (κ1) is 21.8. The van der Waals surface area contributed by atoms with E-state index in [4.69, 9.17) is 4.99 Å². The Morgan fingerprint density at radius 3 is 2.59 bits per heavy atom. The van der Waals surface area contributed by atoms with Crippen LogP contribution < -0.4 is 15.5 Å². The Morgan fingerprint density at radius 2 is 2.00 bits per heavy atom. The van der Waals surface area contributed by atoms with Gasteiger partial charge in [-0.1, -0.05) is 0 Å². The van der Waals surface area contributed by atoms with E-state index in [2.05, 4.69) is 38.1 Å². The van der Waals surface area contributed by atoms with Crippen LogP contribution in [-0.4, -0.2) is 57.9 Å². The Hall–Kier alpha value is -1.85. The quantitative estimate of drug-likeness (QED) is 0.300. The van der Waals surface area contributed by atoms with E-state index in [1.807, 2.05) is 19.2 Å². The average molecular weight is 566 g/mol. The number of pyridine rings is 1. The number of hydrogen-bond donors (Lipinski definition) is 2. The summed E-state index contributed by atoms with van der Waals surface area (Å²) >= 11 is 1.22. The summed E-state index contributed by atoms with van der Waals surface area (Å²) < 4.78 is 0.875. The average Bonchev–Trinajstić information content (AvgIpc) is 3.23. The van der Waals surface area contributed by atoms with Crippen LogP contribution in [0.5, 0.6) is 0 Å². The summed E-state index contributed by atoms with van der Waals surface area (Å²) in [6, 6.07) is 4.41. The Labute approximate surface area is 184 Å². The number of amidine groups is 1. The maximum absolute atomic E-state index is 12.0. The predicted molar refractivity (Wildman–Crippen MR) is 115 cm³/mol. The van der Waals surface area contributed by atoms with Crippen LogP contribution in [0.1, 0.15) is 39.5 Å². The van der Waals surface area contributed by atoms with Gasteiger partial charge in [0.25, 0.3) is 0 Å². The molecular weight excluding hydrogens is 536 g/mol. The molecule has 0 spiro atoms. The Morgan fingerprint density at radius 1 is 1.31 bits per heavy atom. The molecule has 0 atom stereocenters. The van der Waals surface area contributed by atoms with Crippen molar-refractivity contribution in [3.8, 4) is 0 Å². The van der Waals surface area contributed by atoms with E-state index in [1.165, 1.54) is 32.2 Å². The molecule has 1 aromatic rings. The van der Waals surface area contributed by atoms with E-state index in [0.29, 0.717) is 11.7 Å². The number of ketones is 1. The SMILES string of the molecule is C=C(C(C)=O)N([C](=[W])/N=C(\C)Nc1ccc(N2CCNCC2)cn1)C1CCCC1. The molecule has 3 rings (SSSR count). The van der Waals surface area contributed by atoms with Crippen LogP contribution in [0.2, 0.25) is 0 Å². The third-order valence-corrected chi connectivity index (χ3v) is 6.43. The number of aromatic nitrogens is 1. The van der Waals surface area contributed by atoms with Gasteiger partial charge < -0.3 is 0 Å². The Balaban J connectivity index is 1.66. The van der Waals surface area contributed by atoms with Gasteiger partial charge in [0.2, 0.25) is 0 Å². The third-order valence-electron chi connectivity index (χ3n) is 5.40. The second-order valence-electron chi connectivity index (χ2n) is 7.55. The molecule has 156 valence electrons. The van der Waals surface area contributed by atoms with E-state index in [9.17, 15) is 4.79 Å². The summed E-state index contributed by atoms with van der Waals surface area (Å²) in [6.07, 6.45) is 6.46. The van der Waals surface area contributed by atoms with Gasteiger partial charge in [-0.15, -0.1) is 0 Å². The minimum atomic E-state index is 0.00151. The van der Waals surface area contributed by atoms with Crippen molar-refractivity contribution in [2.24, 2.45) is 4.99 Å². The molecule has 1 aliphatic carbocycles. The minimum absolute atomic E-state index is 0.00151. The summed E-state index contributed by atoms with van der Waals surface area (Å²) in [6.45, 7) is 11.5. The van der Waals surface area contributed by atoms with Gasteiger partial charge in [-0.2, -0.15) is 0 Å². The fraction of sp³-hybridized carbons (Fsp3) is 0.524. The number of allylic oxidation sites excluding steroid dienone is 1. The molecule has 2 heterocycles. The first-order valence-electron chi connectivity index (χ1n) is 10.2. The molecule has 0 aromatic carbocycles. The molecule has 2 aliphatic rings. The van der Waals surface area contributed by atoms with Gasteiger partial charge in [-0.25, -0.2) is 0 Å². The zero-order chi connectivity index (χ0) is 20.8. The van der Waals surface area contributed by atoms with Crippen molar-refractivity contribution in [2.75, 3.05) is 36.4 Å². The molecule has 1 saturated heterocycles. The van der Waals surface area contributed by atoms with E-state index < -0.39 is 0 Å². The number of carbonyl (C=O) groups excluding carboxylic acids is 1. The van der Waals surface area contributed by atoms with Crippen molar-refractivity contribution in [2.45, 2.75) is 45.6 Å². The first-order chi connectivity index (χ1) is 14.0. The van der Waals surface area contributed by atoms with Crippen LogP contribution in [0.25, 0.3) is 0 Å². The van der Waals surface area contributed by atoms with Crippen LogP contribution in [-0.2, 0) is 24.1 Å². The second kappa shape index (κ2) is 10.3. The van der Waals surface area contributed by atoms with Crippen LogP contribution >= 0.6 is 0 Å². The normalized spacial score (nSPS) is 17.9. The summed E-state index contributed by atoms with van der Waals surface area (Å²) in [5.74, 6) is 1.53. The number of nitrogens with zero attached hydrogens (tertiary/aromatic N) is 4. The Bertz CT molecular complexity index is 779. The van der Waals surface area contributed by atoms with Gasteiger partial charge in [0, 0.05) is 0 Å². The van der Waals surface area contributed by atoms with Gasteiger partial charge in [-0.3, -0.25) is 0 Å². The van der Waals surface area contributed by atoms with Crippen LogP contribution in [0.3, 0.4) is 0 Å². The molecule has 2 fully saturated rings. The van der Waals surface area contributed by atoms with Crippen LogP contribution in [0.4, 0.5) is 11.5 Å². The molecule has 8 heteroatoms. The van der Waals surface area contributed by atoms with Gasteiger partial charge in [-0.05, 0) is 0 Å². The van der Waals surface area contributed by atoms with Crippen molar-refractivity contribution in [1.29, 1.82) is 0 Å². The molecule has 1 saturated carbocycles. The number of rotatable bonds is 7. The number of anilines is 2. The van der Waals surface area contributed by atoms with Gasteiger partial charge in [0.05, 0.1) is 0 Å². The van der Waals surface area contributed by atoms with E-state index in [-0.39, 0.29) is 5.78 Å². The number of aliphatic imine (C=N–C) groups is 1. The Kier molecular flexibility index (Phi) is 7.73. The monoisotopic (exact) mass is 566 g/mol. The molecule has 2 N–H and O–H groups in total. The molecule has 0 unspecified atom stereocenters. The third kappa shape index (κ3) is 5.83. The molecule has 1 aliphatic heterocycles. The van der Waals surface area contributed by atoms with Crippen molar-refractivity contribution in [3.05, 3.63) is 30.6 Å². The van der Waals surface area contributed by atoms with Crippen molar-refractivity contribution < 1.29 is 24.1 Å². The number of nitrogens with one attached hydrogen (secondary N) is 2. The van der Waals surface area contributed by atoms with Crippen molar-refractivity contribution in [1.82, 2.24) is 15.2 Å². The standard InChI is InChI=1S/C21H30N6O.W/c1-16(17(2)28)27(19-6-4-5-7-19)15-24-18(3)25-21-9-8-20(14-23-21)26-12-10-22-11-13-26;/h8-9,14,19,22H,1,4-7,10-13H2,2-3H3,(H,23,24,25);. The van der Waals surface area contributed by atoms with Crippen LogP contribution in [0.15, 0.2) is 35.6 Å².